The standard InChI is InChI=1S/C20H31N3O4/c1-3-17-14-23(13-16-12-18(25-2)4-5-19(16)27-17)15-20(24)21-6-7-22-8-10-26-11-9-22/h4-5,12,17H,3,6-11,13-15H2,1-2H3,(H,21,24). The van der Waals surface area contributed by atoms with E-state index in [4.69, 9.17) is 14.2 Å². The molecule has 7 heteroatoms. The number of carbonyl (C=O) groups is 1. The monoisotopic (exact) mass is 377 g/mol. The minimum absolute atomic E-state index is 0.0597. The van der Waals surface area contributed by atoms with Gasteiger partial charge in [0, 0.05) is 44.8 Å². The first-order chi connectivity index (χ1) is 13.2. The molecule has 7 nitrogen and oxygen atoms in total. The Hall–Kier alpha value is -1.83. The van der Waals surface area contributed by atoms with E-state index < -0.39 is 0 Å². The van der Waals surface area contributed by atoms with Gasteiger partial charge in [0.1, 0.15) is 17.6 Å². The molecule has 0 spiro atoms. The summed E-state index contributed by atoms with van der Waals surface area (Å²) >= 11 is 0. The van der Waals surface area contributed by atoms with Gasteiger partial charge in [0.25, 0.3) is 0 Å². The summed E-state index contributed by atoms with van der Waals surface area (Å²) in [4.78, 5) is 16.9. The maximum absolute atomic E-state index is 12.4. The molecule has 1 atom stereocenters. The first kappa shape index (κ1) is 19.9. The van der Waals surface area contributed by atoms with E-state index in [1.165, 1.54) is 0 Å². The topological polar surface area (TPSA) is 63.3 Å². The van der Waals surface area contributed by atoms with Gasteiger partial charge in [-0.25, -0.2) is 0 Å². The van der Waals surface area contributed by atoms with E-state index >= 15 is 0 Å². The lowest BCUT2D eigenvalue weighted by Crippen LogP contribution is -2.44. The zero-order valence-electron chi connectivity index (χ0n) is 16.4. The first-order valence-corrected chi connectivity index (χ1v) is 9.80. The lowest BCUT2D eigenvalue weighted by Gasteiger charge is -2.27. The smallest absolute Gasteiger partial charge is 0.234 e. The van der Waals surface area contributed by atoms with Crippen molar-refractivity contribution in [3.05, 3.63) is 23.8 Å². The maximum atomic E-state index is 12.4. The van der Waals surface area contributed by atoms with Crippen molar-refractivity contribution in [1.29, 1.82) is 0 Å². The Morgan fingerprint density at radius 2 is 2.11 bits per heavy atom. The van der Waals surface area contributed by atoms with Gasteiger partial charge in [0.15, 0.2) is 0 Å². The van der Waals surface area contributed by atoms with Crippen LogP contribution in [-0.4, -0.2) is 81.4 Å². The summed E-state index contributed by atoms with van der Waals surface area (Å²) in [7, 11) is 1.66. The lowest BCUT2D eigenvalue weighted by atomic mass is 10.2. The molecule has 1 N–H and O–H groups in total. The SMILES string of the molecule is CCC1CN(CC(=O)NCCN2CCOCC2)Cc2cc(OC)ccc2O1. The third-order valence-corrected chi connectivity index (χ3v) is 5.09. The molecule has 1 saturated heterocycles. The van der Waals surface area contributed by atoms with Crippen LogP contribution in [0.25, 0.3) is 0 Å². The number of hydrogen-bond donors (Lipinski definition) is 1. The van der Waals surface area contributed by atoms with Gasteiger partial charge < -0.3 is 19.5 Å². The molecule has 1 unspecified atom stereocenters. The van der Waals surface area contributed by atoms with E-state index in [1.54, 1.807) is 7.11 Å². The van der Waals surface area contributed by atoms with Gasteiger partial charge >= 0.3 is 0 Å². The Kier molecular flexibility index (Phi) is 7.32. The van der Waals surface area contributed by atoms with Crippen LogP contribution in [0.5, 0.6) is 11.5 Å². The zero-order valence-corrected chi connectivity index (χ0v) is 16.4. The van der Waals surface area contributed by atoms with Crippen LogP contribution in [0.3, 0.4) is 0 Å². The molecule has 2 heterocycles. The number of ether oxygens (including phenoxy) is 3. The molecule has 0 aromatic heterocycles. The van der Waals surface area contributed by atoms with Gasteiger partial charge in [0.2, 0.25) is 5.91 Å². The van der Waals surface area contributed by atoms with Crippen molar-refractivity contribution in [2.24, 2.45) is 0 Å². The van der Waals surface area contributed by atoms with Crippen molar-refractivity contribution in [2.45, 2.75) is 26.0 Å². The third kappa shape index (κ3) is 5.82. The molecule has 3 rings (SSSR count). The Morgan fingerprint density at radius 3 is 2.85 bits per heavy atom. The second-order valence-electron chi connectivity index (χ2n) is 7.10. The number of amides is 1. The summed E-state index contributed by atoms with van der Waals surface area (Å²) < 4.78 is 16.8. The average Bonchev–Trinajstić information content (AvgIpc) is 2.86. The molecular weight excluding hydrogens is 346 g/mol. The number of nitrogens with one attached hydrogen (secondary N) is 1. The minimum atomic E-state index is 0.0597. The Morgan fingerprint density at radius 1 is 1.30 bits per heavy atom. The van der Waals surface area contributed by atoms with Crippen molar-refractivity contribution < 1.29 is 19.0 Å². The number of fused-ring (bicyclic) bond motifs is 1. The minimum Gasteiger partial charge on any atom is -0.497 e. The highest BCUT2D eigenvalue weighted by atomic mass is 16.5. The van der Waals surface area contributed by atoms with Crippen LogP contribution in [0, 0.1) is 0 Å². The number of rotatable bonds is 7. The lowest BCUT2D eigenvalue weighted by molar-refractivity contribution is -0.122. The molecule has 2 aliphatic rings. The highest BCUT2D eigenvalue weighted by Crippen LogP contribution is 2.29. The van der Waals surface area contributed by atoms with E-state index in [2.05, 4.69) is 22.0 Å². The largest absolute Gasteiger partial charge is 0.497 e. The molecule has 0 bridgehead atoms. The molecule has 1 amide bonds. The van der Waals surface area contributed by atoms with Crippen LogP contribution < -0.4 is 14.8 Å². The fraction of sp³-hybridized carbons (Fsp3) is 0.650. The number of morpholine rings is 1. The molecule has 27 heavy (non-hydrogen) atoms. The van der Waals surface area contributed by atoms with Gasteiger partial charge in [-0.3, -0.25) is 14.6 Å². The molecule has 0 radical (unpaired) electrons. The Labute approximate surface area is 161 Å². The first-order valence-electron chi connectivity index (χ1n) is 9.80. The van der Waals surface area contributed by atoms with Crippen LogP contribution >= 0.6 is 0 Å². The maximum Gasteiger partial charge on any atom is 0.234 e. The van der Waals surface area contributed by atoms with E-state index in [0.29, 0.717) is 19.6 Å². The van der Waals surface area contributed by atoms with E-state index in [9.17, 15) is 4.79 Å². The molecule has 150 valence electrons. The second kappa shape index (κ2) is 9.92. The predicted molar refractivity (Wildman–Crippen MR) is 103 cm³/mol. The van der Waals surface area contributed by atoms with Crippen molar-refractivity contribution >= 4 is 5.91 Å². The number of hydrogen-bond acceptors (Lipinski definition) is 6. The number of carbonyl (C=O) groups excluding carboxylic acids is 1. The van der Waals surface area contributed by atoms with Crippen molar-refractivity contribution in [2.75, 3.05) is 59.6 Å². The van der Waals surface area contributed by atoms with Gasteiger partial charge in [-0.2, -0.15) is 0 Å². The molecule has 1 fully saturated rings. The quantitative estimate of drug-likeness (QED) is 0.768. The van der Waals surface area contributed by atoms with E-state index in [-0.39, 0.29) is 12.0 Å². The molecule has 0 saturated carbocycles. The summed E-state index contributed by atoms with van der Waals surface area (Å²) in [6, 6.07) is 5.87. The highest BCUT2D eigenvalue weighted by Gasteiger charge is 2.24. The second-order valence-corrected chi connectivity index (χ2v) is 7.10. The molecule has 2 aliphatic heterocycles. The van der Waals surface area contributed by atoms with Gasteiger partial charge in [-0.05, 0) is 24.6 Å². The summed E-state index contributed by atoms with van der Waals surface area (Å²) in [5, 5.41) is 3.05. The summed E-state index contributed by atoms with van der Waals surface area (Å²) in [6.07, 6.45) is 0.987. The Bertz CT molecular complexity index is 619. The van der Waals surface area contributed by atoms with Crippen molar-refractivity contribution in [3.63, 3.8) is 0 Å². The predicted octanol–water partition coefficient (Wildman–Crippen LogP) is 1.12. The van der Waals surface area contributed by atoms with Crippen LogP contribution in [-0.2, 0) is 16.1 Å². The summed E-state index contributed by atoms with van der Waals surface area (Å²) in [6.45, 7) is 8.89. The van der Waals surface area contributed by atoms with Crippen LogP contribution in [0.4, 0.5) is 0 Å². The number of nitrogens with zero attached hydrogens (tertiary/aromatic N) is 2. The number of benzene rings is 1. The van der Waals surface area contributed by atoms with Crippen molar-refractivity contribution in [3.8, 4) is 11.5 Å². The highest BCUT2D eigenvalue weighted by molar-refractivity contribution is 5.78. The number of methoxy groups -OCH3 is 1. The average molecular weight is 377 g/mol. The molecular formula is C20H31N3O4. The zero-order chi connectivity index (χ0) is 19.1. The van der Waals surface area contributed by atoms with Gasteiger partial charge in [0.05, 0.1) is 26.9 Å². The van der Waals surface area contributed by atoms with Crippen LogP contribution in [0.1, 0.15) is 18.9 Å². The van der Waals surface area contributed by atoms with Crippen LogP contribution in [0.2, 0.25) is 0 Å². The van der Waals surface area contributed by atoms with Crippen LogP contribution in [0.15, 0.2) is 18.2 Å². The fourth-order valence-electron chi connectivity index (χ4n) is 3.50. The van der Waals surface area contributed by atoms with E-state index in [1.807, 2.05) is 18.2 Å². The van der Waals surface area contributed by atoms with E-state index in [0.717, 1.165) is 62.9 Å². The molecule has 1 aromatic carbocycles. The summed E-state index contributed by atoms with van der Waals surface area (Å²) in [5.74, 6) is 1.75. The Balaban J connectivity index is 1.53. The van der Waals surface area contributed by atoms with Gasteiger partial charge in [-0.15, -0.1) is 0 Å². The molecule has 0 aliphatic carbocycles. The van der Waals surface area contributed by atoms with Gasteiger partial charge in [-0.1, -0.05) is 6.92 Å². The summed E-state index contributed by atoms with van der Waals surface area (Å²) in [5.41, 5.74) is 1.06. The van der Waals surface area contributed by atoms with Crippen molar-refractivity contribution in [1.82, 2.24) is 15.1 Å². The fourth-order valence-corrected chi connectivity index (χ4v) is 3.50. The normalized spacial score (nSPS) is 21.0. The molecule has 1 aromatic rings. The third-order valence-electron chi connectivity index (χ3n) is 5.09.